The summed E-state index contributed by atoms with van der Waals surface area (Å²) in [6.45, 7) is 6.97. The number of benzene rings is 2. The molecule has 0 radical (unpaired) electrons. The molecule has 0 fully saturated rings. The van der Waals surface area contributed by atoms with E-state index in [-0.39, 0.29) is 13.0 Å². The van der Waals surface area contributed by atoms with Crippen LogP contribution in [0.5, 0.6) is 0 Å². The molecule has 2 aromatic carbocycles. The lowest BCUT2D eigenvalue weighted by Gasteiger charge is -2.28. The number of nitrogens with one attached hydrogen (secondary N) is 2. The molecule has 3 N–H and O–H groups in total. The Morgan fingerprint density at radius 3 is 1.97 bits per heavy atom. The fourth-order valence-corrected chi connectivity index (χ4v) is 3.04. The summed E-state index contributed by atoms with van der Waals surface area (Å²) in [5.41, 5.74) is 0.888. The fraction of sp³-hybridized carbons (Fsp3) is 0.400. The van der Waals surface area contributed by atoms with Gasteiger partial charge in [-0.2, -0.15) is 0 Å². The number of aliphatic carboxylic acids is 1. The van der Waals surface area contributed by atoms with Gasteiger partial charge in [0, 0.05) is 6.42 Å². The van der Waals surface area contributed by atoms with Crippen molar-refractivity contribution in [2.75, 3.05) is 0 Å². The van der Waals surface area contributed by atoms with Crippen molar-refractivity contribution in [2.24, 2.45) is 0 Å². The summed E-state index contributed by atoms with van der Waals surface area (Å²) in [6.07, 6.45) is -1.46. The van der Waals surface area contributed by atoms with Crippen molar-refractivity contribution in [3.05, 3.63) is 71.8 Å². The highest BCUT2D eigenvalue weighted by Crippen LogP contribution is 2.11. The summed E-state index contributed by atoms with van der Waals surface area (Å²) in [7, 11) is 0. The summed E-state index contributed by atoms with van der Waals surface area (Å²) in [5.74, 6) is -1.86. The van der Waals surface area contributed by atoms with E-state index in [0.29, 0.717) is 0 Å². The van der Waals surface area contributed by atoms with Crippen LogP contribution in [0.15, 0.2) is 60.7 Å². The van der Waals surface area contributed by atoms with E-state index in [4.69, 9.17) is 9.47 Å². The second kappa shape index (κ2) is 12.0. The SMILES string of the molecule is C[C@@H](OCc1ccccc1)[C@H](NC(=O)OC(C)(C)C)C(=O)N[C@@H](Cc1ccccc1)C(=O)O. The topological polar surface area (TPSA) is 114 Å². The molecule has 0 heterocycles. The Morgan fingerprint density at radius 2 is 1.45 bits per heavy atom. The molecule has 0 bridgehead atoms. The standard InChI is InChI=1S/C25H32N2O6/c1-17(32-16-19-13-9-6-10-14-19)21(27-24(31)33-25(2,3)4)22(28)26-20(23(29)30)15-18-11-7-5-8-12-18/h5-14,17,20-21H,15-16H2,1-4H3,(H,26,28)(H,27,31)(H,29,30)/t17-,20+,21+/m1/s1. The molecule has 3 atom stereocenters. The van der Waals surface area contributed by atoms with Crippen LogP contribution in [0.25, 0.3) is 0 Å². The van der Waals surface area contributed by atoms with E-state index >= 15 is 0 Å². The minimum Gasteiger partial charge on any atom is -0.480 e. The highest BCUT2D eigenvalue weighted by atomic mass is 16.6. The predicted octanol–water partition coefficient (Wildman–Crippen LogP) is 3.30. The first-order chi connectivity index (χ1) is 15.5. The van der Waals surface area contributed by atoms with Crippen LogP contribution in [-0.2, 0) is 32.1 Å². The van der Waals surface area contributed by atoms with Crippen molar-refractivity contribution < 1.29 is 29.0 Å². The second-order valence-corrected chi connectivity index (χ2v) is 8.71. The van der Waals surface area contributed by atoms with E-state index in [9.17, 15) is 19.5 Å². The first-order valence-electron chi connectivity index (χ1n) is 10.8. The van der Waals surface area contributed by atoms with Gasteiger partial charge < -0.3 is 25.2 Å². The van der Waals surface area contributed by atoms with Gasteiger partial charge in [0.1, 0.15) is 17.7 Å². The molecular formula is C25H32N2O6. The molecule has 0 aliphatic carbocycles. The van der Waals surface area contributed by atoms with E-state index in [1.165, 1.54) is 0 Å². The number of carboxylic acid groups (broad SMARTS) is 1. The summed E-state index contributed by atoms with van der Waals surface area (Å²) >= 11 is 0. The van der Waals surface area contributed by atoms with Gasteiger partial charge in [0.15, 0.2) is 0 Å². The molecule has 2 aromatic rings. The highest BCUT2D eigenvalue weighted by molar-refractivity contribution is 5.89. The number of carbonyl (C=O) groups is 3. The Labute approximate surface area is 194 Å². The molecule has 0 aliphatic heterocycles. The van der Waals surface area contributed by atoms with E-state index < -0.39 is 41.8 Å². The van der Waals surface area contributed by atoms with Crippen LogP contribution in [0.2, 0.25) is 0 Å². The maximum absolute atomic E-state index is 13.1. The number of carboxylic acids is 1. The number of alkyl carbamates (subject to hydrolysis) is 1. The lowest BCUT2D eigenvalue weighted by atomic mass is 10.0. The zero-order valence-electron chi connectivity index (χ0n) is 19.4. The lowest BCUT2D eigenvalue weighted by molar-refractivity contribution is -0.142. The average molecular weight is 457 g/mol. The minimum absolute atomic E-state index is 0.0975. The van der Waals surface area contributed by atoms with Crippen molar-refractivity contribution >= 4 is 18.0 Å². The summed E-state index contributed by atoms with van der Waals surface area (Å²) in [5, 5.41) is 14.7. The van der Waals surface area contributed by atoms with Gasteiger partial charge in [0.05, 0.1) is 12.7 Å². The number of rotatable bonds is 10. The number of carbonyl (C=O) groups excluding carboxylic acids is 2. The smallest absolute Gasteiger partial charge is 0.408 e. The number of hydrogen-bond acceptors (Lipinski definition) is 5. The van der Waals surface area contributed by atoms with Crippen LogP contribution in [0.4, 0.5) is 4.79 Å². The van der Waals surface area contributed by atoms with Crippen LogP contribution in [0, 0.1) is 0 Å². The minimum atomic E-state index is -1.18. The third kappa shape index (κ3) is 9.33. The van der Waals surface area contributed by atoms with Gasteiger partial charge in [-0.1, -0.05) is 60.7 Å². The molecule has 0 aromatic heterocycles. The third-order valence-electron chi connectivity index (χ3n) is 4.68. The lowest BCUT2D eigenvalue weighted by Crippen LogP contribution is -2.57. The van der Waals surface area contributed by atoms with Crippen LogP contribution in [-0.4, -0.2) is 46.9 Å². The van der Waals surface area contributed by atoms with Crippen LogP contribution >= 0.6 is 0 Å². The number of amides is 2. The molecule has 8 nitrogen and oxygen atoms in total. The molecule has 178 valence electrons. The van der Waals surface area contributed by atoms with Gasteiger partial charge in [-0.3, -0.25) is 4.79 Å². The van der Waals surface area contributed by atoms with Gasteiger partial charge >= 0.3 is 12.1 Å². The monoisotopic (exact) mass is 456 g/mol. The summed E-state index contributed by atoms with van der Waals surface area (Å²) in [4.78, 5) is 37.2. The van der Waals surface area contributed by atoms with Gasteiger partial charge in [-0.05, 0) is 38.8 Å². The largest absolute Gasteiger partial charge is 0.480 e. The Bertz CT molecular complexity index is 911. The van der Waals surface area contributed by atoms with E-state index in [1.807, 2.05) is 36.4 Å². The molecular weight excluding hydrogens is 424 g/mol. The molecule has 2 rings (SSSR count). The molecule has 0 aliphatic rings. The van der Waals surface area contributed by atoms with Gasteiger partial charge in [-0.15, -0.1) is 0 Å². The Morgan fingerprint density at radius 1 is 0.909 bits per heavy atom. The number of ether oxygens (including phenoxy) is 2. The van der Waals surface area contributed by atoms with Crippen LogP contribution in [0.3, 0.4) is 0 Å². The van der Waals surface area contributed by atoms with E-state index in [2.05, 4.69) is 10.6 Å². The number of hydrogen-bond donors (Lipinski definition) is 3. The molecule has 33 heavy (non-hydrogen) atoms. The van der Waals surface area contributed by atoms with Gasteiger partial charge in [-0.25, -0.2) is 9.59 Å². The Hall–Kier alpha value is -3.39. The zero-order valence-corrected chi connectivity index (χ0v) is 19.4. The first-order valence-corrected chi connectivity index (χ1v) is 10.8. The normalized spacial score (nSPS) is 13.9. The highest BCUT2D eigenvalue weighted by Gasteiger charge is 2.32. The summed E-state index contributed by atoms with van der Waals surface area (Å²) in [6, 6.07) is 16.0. The summed E-state index contributed by atoms with van der Waals surface area (Å²) < 4.78 is 11.1. The maximum Gasteiger partial charge on any atom is 0.408 e. The van der Waals surface area contributed by atoms with E-state index in [1.54, 1.807) is 52.0 Å². The second-order valence-electron chi connectivity index (χ2n) is 8.71. The molecule has 0 unspecified atom stereocenters. The first kappa shape index (κ1) is 25.9. The predicted molar refractivity (Wildman–Crippen MR) is 124 cm³/mol. The third-order valence-corrected chi connectivity index (χ3v) is 4.68. The van der Waals surface area contributed by atoms with Crippen LogP contribution in [0.1, 0.15) is 38.8 Å². The van der Waals surface area contributed by atoms with Gasteiger partial charge in [0.2, 0.25) is 5.91 Å². The quantitative estimate of drug-likeness (QED) is 0.506. The van der Waals surface area contributed by atoms with Crippen LogP contribution < -0.4 is 10.6 Å². The molecule has 0 spiro atoms. The van der Waals surface area contributed by atoms with Crippen molar-refractivity contribution in [2.45, 2.75) is 64.5 Å². The van der Waals surface area contributed by atoms with Crippen molar-refractivity contribution in [3.63, 3.8) is 0 Å². The maximum atomic E-state index is 13.1. The van der Waals surface area contributed by atoms with Gasteiger partial charge in [0.25, 0.3) is 0 Å². The fourth-order valence-electron chi connectivity index (χ4n) is 3.04. The van der Waals surface area contributed by atoms with Crippen molar-refractivity contribution in [1.82, 2.24) is 10.6 Å². The molecule has 0 saturated heterocycles. The molecule has 0 saturated carbocycles. The molecule has 2 amide bonds. The van der Waals surface area contributed by atoms with Crippen molar-refractivity contribution in [1.29, 1.82) is 0 Å². The zero-order chi connectivity index (χ0) is 24.4. The Balaban J connectivity index is 2.13. The Kier molecular flexibility index (Phi) is 9.42. The van der Waals surface area contributed by atoms with Crippen molar-refractivity contribution in [3.8, 4) is 0 Å². The molecule has 8 heteroatoms. The van der Waals surface area contributed by atoms with E-state index in [0.717, 1.165) is 11.1 Å². The average Bonchev–Trinajstić information content (AvgIpc) is 2.75.